The van der Waals surface area contributed by atoms with Gasteiger partial charge in [-0.25, -0.2) is 0 Å². The molecule has 146 valence electrons. The SMILES string of the molecule is C[C@@H]1C[C@@H](C)CN(CCCNC(=S)Nc2ccc(Cl)c(C(F)(F)F)c2)C1. The van der Waals surface area contributed by atoms with Crippen molar-refractivity contribution in [3.8, 4) is 0 Å². The van der Waals surface area contributed by atoms with Crippen LogP contribution in [0.25, 0.3) is 0 Å². The second-order valence-corrected chi connectivity index (χ2v) is 7.95. The highest BCUT2D eigenvalue weighted by molar-refractivity contribution is 7.80. The molecule has 0 bridgehead atoms. The molecular formula is C18H25ClF3N3S. The van der Waals surface area contributed by atoms with E-state index in [0.29, 0.717) is 11.7 Å². The summed E-state index contributed by atoms with van der Waals surface area (Å²) < 4.78 is 38.6. The van der Waals surface area contributed by atoms with Crippen LogP contribution in [-0.2, 0) is 6.18 Å². The minimum Gasteiger partial charge on any atom is -0.362 e. The third-order valence-corrected chi connectivity index (χ3v) is 4.99. The Morgan fingerprint density at radius 2 is 1.92 bits per heavy atom. The monoisotopic (exact) mass is 407 g/mol. The molecule has 2 atom stereocenters. The zero-order valence-electron chi connectivity index (χ0n) is 15.0. The Labute approximate surface area is 163 Å². The molecule has 1 aromatic rings. The molecule has 0 unspecified atom stereocenters. The van der Waals surface area contributed by atoms with Crippen LogP contribution in [0.15, 0.2) is 18.2 Å². The third-order valence-electron chi connectivity index (χ3n) is 4.41. The molecule has 1 aromatic carbocycles. The molecule has 0 radical (unpaired) electrons. The van der Waals surface area contributed by atoms with E-state index in [1.54, 1.807) is 0 Å². The van der Waals surface area contributed by atoms with Gasteiger partial charge in [-0.1, -0.05) is 25.4 Å². The summed E-state index contributed by atoms with van der Waals surface area (Å²) in [6, 6.07) is 3.66. The van der Waals surface area contributed by atoms with Gasteiger partial charge in [-0.3, -0.25) is 0 Å². The van der Waals surface area contributed by atoms with Crippen molar-refractivity contribution in [3.63, 3.8) is 0 Å². The summed E-state index contributed by atoms with van der Waals surface area (Å²) >= 11 is 10.8. The molecule has 1 aliphatic rings. The molecule has 3 nitrogen and oxygen atoms in total. The highest BCUT2D eigenvalue weighted by Crippen LogP contribution is 2.36. The van der Waals surface area contributed by atoms with Gasteiger partial charge in [0, 0.05) is 25.3 Å². The molecule has 0 aliphatic carbocycles. The summed E-state index contributed by atoms with van der Waals surface area (Å²) in [7, 11) is 0. The lowest BCUT2D eigenvalue weighted by atomic mass is 9.92. The molecule has 0 saturated carbocycles. The van der Waals surface area contributed by atoms with Crippen molar-refractivity contribution >= 4 is 34.6 Å². The minimum atomic E-state index is -4.49. The van der Waals surface area contributed by atoms with Gasteiger partial charge in [-0.2, -0.15) is 13.2 Å². The van der Waals surface area contributed by atoms with Gasteiger partial charge >= 0.3 is 6.18 Å². The van der Waals surface area contributed by atoms with Crippen molar-refractivity contribution < 1.29 is 13.2 Å². The highest BCUT2D eigenvalue weighted by atomic mass is 35.5. The van der Waals surface area contributed by atoms with E-state index in [-0.39, 0.29) is 10.7 Å². The lowest BCUT2D eigenvalue weighted by Gasteiger charge is -2.35. The number of nitrogens with one attached hydrogen (secondary N) is 2. The number of nitrogens with zero attached hydrogens (tertiary/aromatic N) is 1. The van der Waals surface area contributed by atoms with Crippen LogP contribution < -0.4 is 10.6 Å². The van der Waals surface area contributed by atoms with Gasteiger partial charge in [-0.15, -0.1) is 0 Å². The molecule has 0 aromatic heterocycles. The maximum atomic E-state index is 12.9. The lowest BCUT2D eigenvalue weighted by Crippen LogP contribution is -2.40. The molecule has 1 aliphatic heterocycles. The van der Waals surface area contributed by atoms with Crippen molar-refractivity contribution in [2.75, 3.05) is 31.5 Å². The predicted octanol–water partition coefficient (Wildman–Crippen LogP) is 5.01. The molecule has 0 amide bonds. The smallest absolute Gasteiger partial charge is 0.362 e. The average Bonchev–Trinajstić information content (AvgIpc) is 2.51. The van der Waals surface area contributed by atoms with Gasteiger partial charge in [0.05, 0.1) is 10.6 Å². The summed E-state index contributed by atoms with van der Waals surface area (Å²) in [5, 5.41) is 5.81. The molecule has 2 N–H and O–H groups in total. The number of thiocarbonyl (C=S) groups is 1. The molecule has 8 heteroatoms. The minimum absolute atomic E-state index is 0.262. The van der Waals surface area contributed by atoms with Crippen molar-refractivity contribution in [2.45, 2.75) is 32.9 Å². The van der Waals surface area contributed by atoms with Crippen LogP contribution in [0, 0.1) is 11.8 Å². The number of likely N-dealkylation sites (tertiary alicyclic amines) is 1. The Morgan fingerprint density at radius 1 is 1.27 bits per heavy atom. The zero-order valence-corrected chi connectivity index (χ0v) is 16.6. The molecule has 1 fully saturated rings. The fourth-order valence-electron chi connectivity index (χ4n) is 3.47. The Morgan fingerprint density at radius 3 is 2.54 bits per heavy atom. The fraction of sp³-hybridized carbons (Fsp3) is 0.611. The normalized spacial score (nSPS) is 21.5. The van der Waals surface area contributed by atoms with E-state index in [9.17, 15) is 13.2 Å². The zero-order chi connectivity index (χ0) is 19.3. The van der Waals surface area contributed by atoms with Crippen LogP contribution in [0.2, 0.25) is 5.02 Å². The largest absolute Gasteiger partial charge is 0.417 e. The van der Waals surface area contributed by atoms with Crippen LogP contribution in [0.4, 0.5) is 18.9 Å². The standard InChI is InChI=1S/C18H25ClF3N3S/c1-12-8-13(2)11-25(10-12)7-3-6-23-17(26)24-14-4-5-16(19)15(9-14)18(20,21)22/h4-5,9,12-13H,3,6-8,10-11H2,1-2H3,(H2,23,24,26)/t12-,13-/m1/s1. The maximum absolute atomic E-state index is 12.9. The van der Waals surface area contributed by atoms with Gasteiger partial charge in [0.2, 0.25) is 0 Å². The summed E-state index contributed by atoms with van der Waals surface area (Å²) in [6.45, 7) is 8.47. The van der Waals surface area contributed by atoms with E-state index in [2.05, 4.69) is 29.4 Å². The first-order valence-electron chi connectivity index (χ1n) is 8.79. The van der Waals surface area contributed by atoms with Crippen LogP contribution in [0.1, 0.15) is 32.3 Å². The predicted molar refractivity (Wildman–Crippen MR) is 105 cm³/mol. The van der Waals surface area contributed by atoms with E-state index < -0.39 is 11.7 Å². The van der Waals surface area contributed by atoms with E-state index >= 15 is 0 Å². The lowest BCUT2D eigenvalue weighted by molar-refractivity contribution is -0.137. The molecule has 2 rings (SSSR count). The second-order valence-electron chi connectivity index (χ2n) is 7.13. The van der Waals surface area contributed by atoms with Gasteiger partial charge in [-0.05, 0) is 61.6 Å². The number of rotatable bonds is 5. The van der Waals surface area contributed by atoms with Crippen molar-refractivity contribution in [1.29, 1.82) is 0 Å². The highest BCUT2D eigenvalue weighted by Gasteiger charge is 2.33. The number of hydrogen-bond acceptors (Lipinski definition) is 2. The Bertz CT molecular complexity index is 614. The van der Waals surface area contributed by atoms with E-state index in [1.165, 1.54) is 18.6 Å². The first-order valence-corrected chi connectivity index (χ1v) is 9.57. The molecule has 1 saturated heterocycles. The quantitative estimate of drug-likeness (QED) is 0.529. The average molecular weight is 408 g/mol. The number of halogens is 4. The fourth-order valence-corrected chi connectivity index (χ4v) is 3.92. The Kier molecular flexibility index (Phi) is 7.55. The number of anilines is 1. The summed E-state index contributed by atoms with van der Waals surface area (Å²) in [5.41, 5.74) is -0.613. The van der Waals surface area contributed by atoms with Gasteiger partial charge in [0.15, 0.2) is 5.11 Å². The van der Waals surface area contributed by atoms with E-state index in [1.807, 2.05) is 0 Å². The number of hydrogen-bond donors (Lipinski definition) is 2. The topological polar surface area (TPSA) is 27.3 Å². The van der Waals surface area contributed by atoms with Crippen LogP contribution in [0.5, 0.6) is 0 Å². The van der Waals surface area contributed by atoms with Gasteiger partial charge in [0.1, 0.15) is 0 Å². The summed E-state index contributed by atoms with van der Waals surface area (Å²) in [4.78, 5) is 2.46. The molecular weight excluding hydrogens is 383 g/mol. The van der Waals surface area contributed by atoms with Crippen molar-refractivity contribution in [2.24, 2.45) is 11.8 Å². The third kappa shape index (κ3) is 6.59. The van der Waals surface area contributed by atoms with Crippen molar-refractivity contribution in [1.82, 2.24) is 10.2 Å². The molecule has 0 spiro atoms. The van der Waals surface area contributed by atoms with Crippen molar-refractivity contribution in [3.05, 3.63) is 28.8 Å². The maximum Gasteiger partial charge on any atom is 0.417 e. The number of benzene rings is 1. The van der Waals surface area contributed by atoms with Crippen LogP contribution in [-0.4, -0.2) is 36.2 Å². The first-order chi connectivity index (χ1) is 12.1. The van der Waals surface area contributed by atoms with E-state index in [4.69, 9.17) is 23.8 Å². The Balaban J connectivity index is 1.75. The molecule has 26 heavy (non-hydrogen) atoms. The number of alkyl halides is 3. The van der Waals surface area contributed by atoms with Gasteiger partial charge < -0.3 is 15.5 Å². The molecule has 1 heterocycles. The first kappa shape index (κ1) is 21.3. The van der Waals surface area contributed by atoms with Crippen LogP contribution >= 0.6 is 23.8 Å². The second kappa shape index (κ2) is 9.24. The summed E-state index contributed by atoms with van der Waals surface area (Å²) in [6.07, 6.45) is -2.29. The Hall–Kier alpha value is -1.05. The number of piperidine rings is 1. The van der Waals surface area contributed by atoms with E-state index in [0.717, 1.165) is 44.0 Å². The summed E-state index contributed by atoms with van der Waals surface area (Å²) in [5.74, 6) is 1.45. The van der Waals surface area contributed by atoms with Gasteiger partial charge in [0.25, 0.3) is 0 Å². The van der Waals surface area contributed by atoms with Crippen LogP contribution in [0.3, 0.4) is 0 Å².